The van der Waals surface area contributed by atoms with Gasteiger partial charge in [0.25, 0.3) is 5.91 Å². The van der Waals surface area contributed by atoms with Crippen LogP contribution in [0.15, 0.2) is 60.9 Å². The van der Waals surface area contributed by atoms with Crippen molar-refractivity contribution in [3.05, 3.63) is 88.2 Å². The van der Waals surface area contributed by atoms with E-state index in [1.807, 2.05) is 62.4 Å². The Hall–Kier alpha value is -2.85. The van der Waals surface area contributed by atoms with Gasteiger partial charge in [-0.1, -0.05) is 23.7 Å². The lowest BCUT2D eigenvalue weighted by Crippen LogP contribution is -2.30. The van der Waals surface area contributed by atoms with Gasteiger partial charge in [-0.25, -0.2) is 0 Å². The normalized spacial score (nSPS) is 11.7. The number of carbonyl (C=O) groups is 1. The van der Waals surface area contributed by atoms with E-state index in [1.54, 1.807) is 19.3 Å². The molecule has 0 fully saturated rings. The summed E-state index contributed by atoms with van der Waals surface area (Å²) >= 11 is 6.18. The molecule has 3 rings (SSSR count). The van der Waals surface area contributed by atoms with Crippen LogP contribution >= 0.6 is 11.6 Å². The number of carbonyl (C=O) groups excluding carboxylic acids is 1. The average molecular weight is 395 g/mol. The average Bonchev–Trinajstić information content (AvgIpc) is 2.68. The van der Waals surface area contributed by atoms with Crippen LogP contribution in [0.4, 0.5) is 5.69 Å². The zero-order chi connectivity index (χ0) is 20.1. The number of anilines is 1. The molecule has 1 unspecified atom stereocenters. The predicted octanol–water partition coefficient (Wildman–Crippen LogP) is 5.35. The fourth-order valence-corrected chi connectivity index (χ4v) is 3.03. The second-order valence-corrected chi connectivity index (χ2v) is 7.23. The third-order valence-electron chi connectivity index (χ3n) is 4.47. The number of benzene rings is 2. The minimum absolute atomic E-state index is 0.202. The van der Waals surface area contributed by atoms with E-state index in [0.29, 0.717) is 5.75 Å². The first-order chi connectivity index (χ1) is 13.4. The van der Waals surface area contributed by atoms with Gasteiger partial charge in [-0.05, 0) is 85.8 Å². The second kappa shape index (κ2) is 8.89. The summed E-state index contributed by atoms with van der Waals surface area (Å²) in [5.74, 6) is 0.432. The summed E-state index contributed by atoms with van der Waals surface area (Å²) in [6, 6.07) is 15.5. The van der Waals surface area contributed by atoms with E-state index in [-0.39, 0.29) is 5.91 Å². The number of nitrogens with zero attached hydrogens (tertiary/aromatic N) is 1. The van der Waals surface area contributed by atoms with Gasteiger partial charge in [-0.15, -0.1) is 0 Å². The van der Waals surface area contributed by atoms with Crippen molar-refractivity contribution in [2.45, 2.75) is 33.3 Å². The first-order valence-corrected chi connectivity index (χ1v) is 9.52. The van der Waals surface area contributed by atoms with E-state index in [9.17, 15) is 4.79 Å². The molecule has 5 heteroatoms. The number of hydrogen-bond acceptors (Lipinski definition) is 3. The molecule has 1 aromatic heterocycles. The monoisotopic (exact) mass is 394 g/mol. The Morgan fingerprint density at radius 1 is 1.04 bits per heavy atom. The molecule has 1 atom stereocenters. The molecule has 0 saturated carbocycles. The molecule has 0 saturated heterocycles. The number of aryl methyl sites for hydroxylation is 2. The van der Waals surface area contributed by atoms with Gasteiger partial charge < -0.3 is 10.1 Å². The summed E-state index contributed by atoms with van der Waals surface area (Å²) < 4.78 is 5.79. The van der Waals surface area contributed by atoms with Gasteiger partial charge in [0.1, 0.15) is 5.75 Å². The first-order valence-electron chi connectivity index (χ1n) is 9.14. The van der Waals surface area contributed by atoms with Crippen LogP contribution < -0.4 is 10.1 Å². The zero-order valence-corrected chi connectivity index (χ0v) is 17.0. The Morgan fingerprint density at radius 2 is 1.61 bits per heavy atom. The number of ether oxygens (including phenoxy) is 1. The van der Waals surface area contributed by atoms with Crippen molar-refractivity contribution in [2.24, 2.45) is 0 Å². The first kappa shape index (κ1) is 19.9. The lowest BCUT2D eigenvalue weighted by Gasteiger charge is -2.16. The molecule has 0 spiro atoms. The van der Waals surface area contributed by atoms with Crippen molar-refractivity contribution in [3.8, 4) is 5.75 Å². The summed E-state index contributed by atoms with van der Waals surface area (Å²) in [7, 11) is 0. The number of halogens is 1. The Kier molecular flexibility index (Phi) is 6.32. The number of rotatable bonds is 6. The molecule has 0 radical (unpaired) electrons. The quantitative estimate of drug-likeness (QED) is 0.613. The molecule has 4 nitrogen and oxygen atoms in total. The highest BCUT2D eigenvalue weighted by atomic mass is 35.5. The molecule has 2 aromatic carbocycles. The molecule has 0 aliphatic carbocycles. The van der Waals surface area contributed by atoms with Gasteiger partial charge in [0.15, 0.2) is 6.10 Å². The topological polar surface area (TPSA) is 51.2 Å². The summed E-state index contributed by atoms with van der Waals surface area (Å²) in [6.45, 7) is 5.56. The van der Waals surface area contributed by atoms with Crippen molar-refractivity contribution < 1.29 is 9.53 Å². The van der Waals surface area contributed by atoms with Crippen LogP contribution in [-0.4, -0.2) is 17.0 Å². The van der Waals surface area contributed by atoms with Crippen molar-refractivity contribution in [1.82, 2.24) is 4.98 Å². The second-order valence-electron chi connectivity index (χ2n) is 6.85. The number of amides is 1. The molecule has 28 heavy (non-hydrogen) atoms. The minimum atomic E-state index is -0.628. The van der Waals surface area contributed by atoms with Crippen LogP contribution in [0.5, 0.6) is 5.75 Å². The van der Waals surface area contributed by atoms with Crippen molar-refractivity contribution in [2.75, 3.05) is 5.32 Å². The number of pyridine rings is 1. The fraction of sp³-hybridized carbons (Fsp3) is 0.217. The van der Waals surface area contributed by atoms with Crippen LogP contribution in [0.3, 0.4) is 0 Å². The van der Waals surface area contributed by atoms with Gasteiger partial charge in [-0.2, -0.15) is 0 Å². The SMILES string of the molecule is Cc1cc(OC(C)C(=O)Nc2ccc(Cc3ccncc3)cc2)cc(C)c1Cl. The molecule has 0 aliphatic rings. The van der Waals surface area contributed by atoms with Gasteiger partial charge in [0.2, 0.25) is 0 Å². The summed E-state index contributed by atoms with van der Waals surface area (Å²) in [6.07, 6.45) is 3.77. The lowest BCUT2D eigenvalue weighted by atomic mass is 10.1. The van der Waals surface area contributed by atoms with Crippen LogP contribution in [0.2, 0.25) is 5.02 Å². The molecule has 0 bridgehead atoms. The molecule has 1 amide bonds. The maximum absolute atomic E-state index is 12.5. The highest BCUT2D eigenvalue weighted by Crippen LogP contribution is 2.26. The van der Waals surface area contributed by atoms with Gasteiger partial charge in [-0.3, -0.25) is 9.78 Å². The molecule has 1 N–H and O–H groups in total. The highest BCUT2D eigenvalue weighted by Gasteiger charge is 2.16. The van der Waals surface area contributed by atoms with Crippen molar-refractivity contribution >= 4 is 23.2 Å². The molecule has 1 heterocycles. The zero-order valence-electron chi connectivity index (χ0n) is 16.2. The molecule has 3 aromatic rings. The summed E-state index contributed by atoms with van der Waals surface area (Å²) in [5, 5.41) is 3.61. The Bertz CT molecular complexity index is 933. The van der Waals surface area contributed by atoms with Crippen LogP contribution in [0.25, 0.3) is 0 Å². The largest absolute Gasteiger partial charge is 0.481 e. The number of aromatic nitrogens is 1. The third kappa shape index (κ3) is 5.11. The number of hydrogen-bond donors (Lipinski definition) is 1. The van der Waals surface area contributed by atoms with E-state index in [1.165, 1.54) is 11.1 Å². The molecular weight excluding hydrogens is 372 g/mol. The summed E-state index contributed by atoms with van der Waals surface area (Å²) in [4.78, 5) is 16.5. The van der Waals surface area contributed by atoms with Crippen LogP contribution in [0.1, 0.15) is 29.2 Å². The number of nitrogens with one attached hydrogen (secondary N) is 1. The minimum Gasteiger partial charge on any atom is -0.481 e. The third-order valence-corrected chi connectivity index (χ3v) is 5.07. The highest BCUT2D eigenvalue weighted by molar-refractivity contribution is 6.32. The van der Waals surface area contributed by atoms with E-state index >= 15 is 0 Å². The van der Waals surface area contributed by atoms with E-state index in [4.69, 9.17) is 16.3 Å². The van der Waals surface area contributed by atoms with Gasteiger partial charge in [0.05, 0.1) is 0 Å². The van der Waals surface area contributed by atoms with E-state index < -0.39 is 6.10 Å². The molecule has 0 aliphatic heterocycles. The van der Waals surface area contributed by atoms with Gasteiger partial charge in [0, 0.05) is 23.1 Å². The van der Waals surface area contributed by atoms with Crippen LogP contribution in [-0.2, 0) is 11.2 Å². The Labute approximate surface area is 170 Å². The smallest absolute Gasteiger partial charge is 0.265 e. The predicted molar refractivity (Wildman–Crippen MR) is 113 cm³/mol. The van der Waals surface area contributed by atoms with Crippen LogP contribution in [0, 0.1) is 13.8 Å². The Balaban J connectivity index is 1.59. The molecule has 144 valence electrons. The fourth-order valence-electron chi connectivity index (χ4n) is 2.92. The summed E-state index contributed by atoms with van der Waals surface area (Å²) in [5.41, 5.74) is 4.95. The maximum atomic E-state index is 12.5. The Morgan fingerprint density at radius 3 is 2.21 bits per heavy atom. The van der Waals surface area contributed by atoms with Gasteiger partial charge >= 0.3 is 0 Å². The molecular formula is C23H23ClN2O2. The van der Waals surface area contributed by atoms with Crippen molar-refractivity contribution in [3.63, 3.8) is 0 Å². The van der Waals surface area contributed by atoms with E-state index in [0.717, 1.165) is 28.3 Å². The van der Waals surface area contributed by atoms with E-state index in [2.05, 4.69) is 10.3 Å². The standard InChI is InChI=1S/C23H23ClN2O2/c1-15-12-21(13-16(2)22(15)24)28-17(3)23(27)26-20-6-4-18(5-7-20)14-19-8-10-25-11-9-19/h4-13,17H,14H2,1-3H3,(H,26,27). The van der Waals surface area contributed by atoms with Crippen molar-refractivity contribution in [1.29, 1.82) is 0 Å². The lowest BCUT2D eigenvalue weighted by molar-refractivity contribution is -0.122. The maximum Gasteiger partial charge on any atom is 0.265 e.